The molecule has 1 aromatic carbocycles. The van der Waals surface area contributed by atoms with Crippen LogP contribution in [0.15, 0.2) is 46.7 Å². The van der Waals surface area contributed by atoms with E-state index in [0.29, 0.717) is 10.2 Å². The highest BCUT2D eigenvalue weighted by Gasteiger charge is 2.08. The third-order valence-electron chi connectivity index (χ3n) is 2.18. The summed E-state index contributed by atoms with van der Waals surface area (Å²) >= 11 is 7.53. The predicted molar refractivity (Wildman–Crippen MR) is 68.2 cm³/mol. The van der Waals surface area contributed by atoms with Crippen LogP contribution in [-0.2, 0) is 0 Å². The molecular weight excluding hydrogens is 256 g/mol. The zero-order valence-electron chi connectivity index (χ0n) is 9.17. The minimum Gasteiger partial charge on any atom is -0.389 e. The molecule has 1 atom stereocenters. The van der Waals surface area contributed by atoms with E-state index in [1.807, 2.05) is 12.1 Å². The van der Waals surface area contributed by atoms with E-state index in [0.717, 1.165) is 10.5 Å². The summed E-state index contributed by atoms with van der Waals surface area (Å²) in [5.41, 5.74) is 0.799. The first-order chi connectivity index (χ1) is 8.16. The van der Waals surface area contributed by atoms with Gasteiger partial charge in [0, 0.05) is 17.3 Å². The number of aliphatic hydroxyl groups is 1. The zero-order valence-corrected chi connectivity index (χ0v) is 10.7. The fourth-order valence-corrected chi connectivity index (χ4v) is 2.32. The average molecular weight is 267 g/mol. The molecule has 3 nitrogen and oxygen atoms in total. The van der Waals surface area contributed by atoms with Crippen molar-refractivity contribution < 1.29 is 5.11 Å². The number of hydrogen-bond donors (Lipinski definition) is 1. The van der Waals surface area contributed by atoms with Crippen LogP contribution >= 0.6 is 23.4 Å². The molecule has 0 saturated carbocycles. The molecule has 0 aliphatic heterocycles. The Kier molecular flexibility index (Phi) is 3.99. The number of aliphatic hydroxyl groups excluding tert-OH is 1. The van der Waals surface area contributed by atoms with E-state index in [2.05, 4.69) is 9.97 Å². The second-order valence-corrected chi connectivity index (χ2v) is 4.92. The number of rotatable bonds is 3. The Bertz CT molecular complexity index is 505. The van der Waals surface area contributed by atoms with Gasteiger partial charge in [-0.05, 0) is 42.4 Å². The van der Waals surface area contributed by atoms with Crippen LogP contribution in [0.1, 0.15) is 18.6 Å². The molecule has 88 valence electrons. The van der Waals surface area contributed by atoms with Crippen molar-refractivity contribution >= 4 is 23.4 Å². The minimum atomic E-state index is -0.514. The van der Waals surface area contributed by atoms with Crippen molar-refractivity contribution in [2.24, 2.45) is 0 Å². The SMILES string of the molecule is CC(O)c1ccc(Sc2ncccn2)c(Cl)c1. The fourth-order valence-electron chi connectivity index (χ4n) is 1.30. The molecule has 0 radical (unpaired) electrons. The Labute approximate surface area is 109 Å². The van der Waals surface area contributed by atoms with Crippen LogP contribution in [0.5, 0.6) is 0 Å². The number of benzene rings is 1. The summed E-state index contributed by atoms with van der Waals surface area (Å²) in [6, 6.07) is 7.24. The van der Waals surface area contributed by atoms with Crippen LogP contribution in [0.25, 0.3) is 0 Å². The predicted octanol–water partition coefficient (Wildman–Crippen LogP) is 3.33. The Morgan fingerprint density at radius 1 is 1.29 bits per heavy atom. The van der Waals surface area contributed by atoms with Crippen molar-refractivity contribution in [1.82, 2.24) is 9.97 Å². The maximum absolute atomic E-state index is 9.44. The first-order valence-corrected chi connectivity index (χ1v) is 6.28. The van der Waals surface area contributed by atoms with Crippen molar-refractivity contribution in [3.63, 3.8) is 0 Å². The molecule has 0 amide bonds. The summed E-state index contributed by atoms with van der Waals surface area (Å²) in [6.07, 6.45) is 2.86. The van der Waals surface area contributed by atoms with Gasteiger partial charge in [0.25, 0.3) is 0 Å². The van der Waals surface area contributed by atoms with Crippen molar-refractivity contribution in [3.05, 3.63) is 47.2 Å². The van der Waals surface area contributed by atoms with Gasteiger partial charge < -0.3 is 5.11 Å². The molecule has 5 heteroatoms. The molecule has 1 N–H and O–H groups in total. The monoisotopic (exact) mass is 266 g/mol. The molecule has 17 heavy (non-hydrogen) atoms. The van der Waals surface area contributed by atoms with E-state index in [1.54, 1.807) is 31.5 Å². The molecule has 0 bridgehead atoms. The van der Waals surface area contributed by atoms with Gasteiger partial charge in [-0.3, -0.25) is 0 Å². The molecule has 2 rings (SSSR count). The van der Waals surface area contributed by atoms with Crippen LogP contribution in [0, 0.1) is 0 Å². The largest absolute Gasteiger partial charge is 0.389 e. The highest BCUT2D eigenvalue weighted by atomic mass is 35.5. The maximum Gasteiger partial charge on any atom is 0.192 e. The molecule has 1 heterocycles. The lowest BCUT2D eigenvalue weighted by molar-refractivity contribution is 0.199. The Balaban J connectivity index is 2.23. The maximum atomic E-state index is 9.44. The lowest BCUT2D eigenvalue weighted by Gasteiger charge is -2.07. The topological polar surface area (TPSA) is 46.0 Å². The molecule has 0 saturated heterocycles. The van der Waals surface area contributed by atoms with E-state index in [-0.39, 0.29) is 0 Å². The van der Waals surface area contributed by atoms with Crippen molar-refractivity contribution in [2.45, 2.75) is 23.1 Å². The lowest BCUT2D eigenvalue weighted by Crippen LogP contribution is -1.91. The van der Waals surface area contributed by atoms with Gasteiger partial charge in [0.1, 0.15) is 0 Å². The zero-order chi connectivity index (χ0) is 12.3. The van der Waals surface area contributed by atoms with E-state index < -0.39 is 6.10 Å². The third-order valence-corrected chi connectivity index (χ3v) is 3.58. The van der Waals surface area contributed by atoms with E-state index in [4.69, 9.17) is 11.6 Å². The lowest BCUT2D eigenvalue weighted by atomic mass is 10.1. The smallest absolute Gasteiger partial charge is 0.192 e. The number of halogens is 1. The average Bonchev–Trinajstić information content (AvgIpc) is 2.33. The first-order valence-electron chi connectivity index (χ1n) is 5.09. The standard InChI is InChI=1S/C12H11ClN2OS/c1-8(16)9-3-4-11(10(13)7-9)17-12-14-5-2-6-15-12/h2-8,16H,1H3. The summed E-state index contributed by atoms with van der Waals surface area (Å²) in [6.45, 7) is 1.71. The van der Waals surface area contributed by atoms with Crippen LogP contribution in [0.4, 0.5) is 0 Å². The van der Waals surface area contributed by atoms with Gasteiger partial charge in [-0.2, -0.15) is 0 Å². The molecule has 1 aromatic heterocycles. The summed E-state index contributed by atoms with van der Waals surface area (Å²) in [4.78, 5) is 9.11. The molecule has 0 spiro atoms. The number of hydrogen-bond acceptors (Lipinski definition) is 4. The van der Waals surface area contributed by atoms with Crippen LogP contribution in [0.3, 0.4) is 0 Å². The highest BCUT2D eigenvalue weighted by molar-refractivity contribution is 7.99. The summed E-state index contributed by atoms with van der Waals surface area (Å²) in [5, 5.41) is 10.7. The van der Waals surface area contributed by atoms with Crippen molar-refractivity contribution in [2.75, 3.05) is 0 Å². The first kappa shape index (κ1) is 12.4. The molecule has 0 aliphatic carbocycles. The third kappa shape index (κ3) is 3.19. The van der Waals surface area contributed by atoms with Gasteiger partial charge in [0.15, 0.2) is 5.16 Å². The van der Waals surface area contributed by atoms with Gasteiger partial charge in [-0.1, -0.05) is 17.7 Å². The quantitative estimate of drug-likeness (QED) is 0.866. The van der Waals surface area contributed by atoms with Crippen molar-refractivity contribution in [3.8, 4) is 0 Å². The molecular formula is C12H11ClN2OS. The van der Waals surface area contributed by atoms with E-state index >= 15 is 0 Å². The van der Waals surface area contributed by atoms with Gasteiger partial charge >= 0.3 is 0 Å². The Hall–Kier alpha value is -1.10. The van der Waals surface area contributed by atoms with Gasteiger partial charge in [-0.15, -0.1) is 0 Å². The van der Waals surface area contributed by atoms with Gasteiger partial charge in [0.05, 0.1) is 11.1 Å². The Morgan fingerprint density at radius 2 is 2.00 bits per heavy atom. The summed E-state index contributed by atoms with van der Waals surface area (Å²) in [7, 11) is 0. The second-order valence-electron chi connectivity index (χ2n) is 3.50. The van der Waals surface area contributed by atoms with Crippen LogP contribution in [0.2, 0.25) is 5.02 Å². The van der Waals surface area contributed by atoms with E-state index in [9.17, 15) is 5.11 Å². The van der Waals surface area contributed by atoms with Crippen molar-refractivity contribution in [1.29, 1.82) is 0 Å². The second kappa shape index (κ2) is 5.49. The molecule has 0 aliphatic rings. The van der Waals surface area contributed by atoms with Crippen LogP contribution in [-0.4, -0.2) is 15.1 Å². The molecule has 0 fully saturated rings. The number of nitrogens with zero attached hydrogens (tertiary/aromatic N) is 2. The molecule has 2 aromatic rings. The minimum absolute atomic E-state index is 0.514. The fraction of sp³-hybridized carbons (Fsp3) is 0.167. The molecule has 1 unspecified atom stereocenters. The van der Waals surface area contributed by atoms with Crippen LogP contribution < -0.4 is 0 Å². The van der Waals surface area contributed by atoms with Gasteiger partial charge in [0.2, 0.25) is 0 Å². The van der Waals surface area contributed by atoms with E-state index in [1.165, 1.54) is 11.8 Å². The summed E-state index contributed by atoms with van der Waals surface area (Å²) in [5.74, 6) is 0. The normalized spacial score (nSPS) is 12.4. The van der Waals surface area contributed by atoms with Gasteiger partial charge in [-0.25, -0.2) is 9.97 Å². The summed E-state index contributed by atoms with van der Waals surface area (Å²) < 4.78 is 0. The highest BCUT2D eigenvalue weighted by Crippen LogP contribution is 2.32. The number of aromatic nitrogens is 2. The Morgan fingerprint density at radius 3 is 2.59 bits per heavy atom.